The van der Waals surface area contributed by atoms with Gasteiger partial charge in [-0.25, -0.2) is 0 Å². The highest BCUT2D eigenvalue weighted by molar-refractivity contribution is 5.78. The Balaban J connectivity index is 1.62. The molecule has 2 heterocycles. The van der Waals surface area contributed by atoms with Crippen LogP contribution in [-0.2, 0) is 4.79 Å². The van der Waals surface area contributed by atoms with Crippen LogP contribution < -0.4 is 10.1 Å². The summed E-state index contributed by atoms with van der Waals surface area (Å²) in [6, 6.07) is 8.57. The van der Waals surface area contributed by atoms with Gasteiger partial charge in [0, 0.05) is 19.5 Å². The SMILES string of the molecule is CCC(CC)C(=O)N(C)CCCC1CC2(CCNCC2)Oc2ccccc21. The van der Waals surface area contributed by atoms with E-state index in [1.54, 1.807) is 0 Å². The van der Waals surface area contributed by atoms with Gasteiger partial charge in [0.25, 0.3) is 0 Å². The molecule has 27 heavy (non-hydrogen) atoms. The molecule has 1 aromatic carbocycles. The van der Waals surface area contributed by atoms with Crippen molar-refractivity contribution in [3.05, 3.63) is 29.8 Å². The number of para-hydroxylation sites is 1. The maximum atomic E-state index is 12.5. The first-order valence-corrected chi connectivity index (χ1v) is 10.8. The highest BCUT2D eigenvalue weighted by Crippen LogP contribution is 2.46. The minimum Gasteiger partial charge on any atom is -0.487 e. The van der Waals surface area contributed by atoms with E-state index in [-0.39, 0.29) is 11.5 Å². The highest BCUT2D eigenvalue weighted by atomic mass is 16.5. The molecule has 1 aromatic rings. The van der Waals surface area contributed by atoms with Crippen LogP contribution in [0, 0.1) is 5.92 Å². The van der Waals surface area contributed by atoms with E-state index in [1.165, 1.54) is 5.56 Å². The molecular formula is C23H36N2O2. The fraction of sp³-hybridized carbons (Fsp3) is 0.696. The summed E-state index contributed by atoms with van der Waals surface area (Å²) in [7, 11) is 1.97. The number of hydrogen-bond acceptors (Lipinski definition) is 3. The molecule has 2 aliphatic rings. The van der Waals surface area contributed by atoms with Crippen LogP contribution in [0.4, 0.5) is 0 Å². The van der Waals surface area contributed by atoms with Gasteiger partial charge in [-0.05, 0) is 75.6 Å². The number of fused-ring (bicyclic) bond motifs is 1. The fourth-order valence-corrected chi connectivity index (χ4v) is 4.83. The van der Waals surface area contributed by atoms with Gasteiger partial charge in [-0.15, -0.1) is 0 Å². The molecular weight excluding hydrogens is 336 g/mol. The number of carbonyl (C=O) groups excluding carboxylic acids is 1. The van der Waals surface area contributed by atoms with Gasteiger partial charge in [0.15, 0.2) is 0 Å². The van der Waals surface area contributed by atoms with Crippen molar-refractivity contribution in [3.63, 3.8) is 0 Å². The molecule has 1 saturated heterocycles. The van der Waals surface area contributed by atoms with E-state index < -0.39 is 0 Å². The van der Waals surface area contributed by atoms with Gasteiger partial charge in [-0.3, -0.25) is 4.79 Å². The largest absolute Gasteiger partial charge is 0.487 e. The molecule has 1 fully saturated rings. The quantitative estimate of drug-likeness (QED) is 0.774. The molecule has 4 nitrogen and oxygen atoms in total. The van der Waals surface area contributed by atoms with E-state index in [1.807, 2.05) is 11.9 Å². The molecule has 150 valence electrons. The lowest BCUT2D eigenvalue weighted by molar-refractivity contribution is -0.134. The zero-order valence-electron chi connectivity index (χ0n) is 17.3. The van der Waals surface area contributed by atoms with Crippen molar-refractivity contribution < 1.29 is 9.53 Å². The van der Waals surface area contributed by atoms with Gasteiger partial charge in [0.2, 0.25) is 5.91 Å². The third-order valence-corrected chi connectivity index (χ3v) is 6.58. The Bertz CT molecular complexity index is 621. The highest BCUT2D eigenvalue weighted by Gasteiger charge is 2.41. The van der Waals surface area contributed by atoms with Crippen LogP contribution in [0.5, 0.6) is 5.75 Å². The lowest BCUT2D eigenvalue weighted by Crippen LogP contribution is -2.49. The molecule has 1 N–H and O–H groups in total. The van der Waals surface area contributed by atoms with E-state index >= 15 is 0 Å². The summed E-state index contributed by atoms with van der Waals surface area (Å²) in [5.74, 6) is 2.10. The predicted molar refractivity (Wildman–Crippen MR) is 110 cm³/mol. The molecule has 3 rings (SSSR count). The van der Waals surface area contributed by atoms with E-state index in [2.05, 4.69) is 43.4 Å². The van der Waals surface area contributed by atoms with Crippen molar-refractivity contribution in [2.24, 2.45) is 5.92 Å². The van der Waals surface area contributed by atoms with Gasteiger partial charge in [-0.1, -0.05) is 32.0 Å². The zero-order chi connectivity index (χ0) is 19.3. The summed E-state index contributed by atoms with van der Waals surface area (Å²) in [5.41, 5.74) is 1.36. The average molecular weight is 373 g/mol. The molecule has 1 amide bonds. The number of amides is 1. The molecule has 0 saturated carbocycles. The zero-order valence-corrected chi connectivity index (χ0v) is 17.3. The second-order valence-electron chi connectivity index (χ2n) is 8.39. The Kier molecular flexibility index (Phi) is 6.80. The Labute approximate surface area is 164 Å². The summed E-state index contributed by atoms with van der Waals surface area (Å²) in [6.45, 7) is 7.15. The van der Waals surface area contributed by atoms with Crippen molar-refractivity contribution in [2.75, 3.05) is 26.7 Å². The molecule has 1 spiro atoms. The van der Waals surface area contributed by atoms with Gasteiger partial charge in [0.05, 0.1) is 0 Å². The molecule has 0 aromatic heterocycles. The second-order valence-corrected chi connectivity index (χ2v) is 8.39. The van der Waals surface area contributed by atoms with Gasteiger partial charge >= 0.3 is 0 Å². The van der Waals surface area contributed by atoms with E-state index in [0.717, 1.165) is 70.3 Å². The van der Waals surface area contributed by atoms with Crippen molar-refractivity contribution in [1.29, 1.82) is 0 Å². The number of ether oxygens (including phenoxy) is 1. The number of carbonyl (C=O) groups is 1. The Hall–Kier alpha value is -1.55. The van der Waals surface area contributed by atoms with E-state index in [0.29, 0.717) is 11.8 Å². The molecule has 0 bridgehead atoms. The minimum absolute atomic E-state index is 0.00150. The smallest absolute Gasteiger partial charge is 0.225 e. The first kappa shape index (κ1) is 20.2. The first-order chi connectivity index (χ1) is 13.1. The van der Waals surface area contributed by atoms with E-state index in [9.17, 15) is 4.79 Å². The van der Waals surface area contributed by atoms with Gasteiger partial charge in [-0.2, -0.15) is 0 Å². The number of nitrogens with zero attached hydrogens (tertiary/aromatic N) is 1. The van der Waals surface area contributed by atoms with Crippen LogP contribution in [-0.4, -0.2) is 43.1 Å². The average Bonchev–Trinajstić information content (AvgIpc) is 2.69. The Morgan fingerprint density at radius 3 is 2.67 bits per heavy atom. The lowest BCUT2D eigenvalue weighted by atomic mass is 9.76. The normalized spacial score (nSPS) is 21.0. The summed E-state index contributed by atoms with van der Waals surface area (Å²) < 4.78 is 6.51. The number of piperidine rings is 1. The molecule has 2 aliphatic heterocycles. The topological polar surface area (TPSA) is 41.6 Å². The van der Waals surface area contributed by atoms with Crippen molar-refractivity contribution in [1.82, 2.24) is 10.2 Å². The lowest BCUT2D eigenvalue weighted by Gasteiger charge is -2.45. The Morgan fingerprint density at radius 1 is 1.26 bits per heavy atom. The number of rotatable bonds is 7. The summed E-state index contributed by atoms with van der Waals surface area (Å²) in [6.07, 6.45) is 7.32. The van der Waals surface area contributed by atoms with Gasteiger partial charge in [0.1, 0.15) is 11.4 Å². The predicted octanol–water partition coefficient (Wildman–Crippen LogP) is 4.35. The third-order valence-electron chi connectivity index (χ3n) is 6.58. The standard InChI is InChI=1S/C23H36N2O2/c1-4-18(5-2)22(26)25(3)16-8-9-19-17-23(12-14-24-15-13-23)27-21-11-7-6-10-20(19)21/h6-7,10-11,18-19,24H,4-5,8-9,12-17H2,1-3H3. The van der Waals surface area contributed by atoms with E-state index in [4.69, 9.17) is 4.74 Å². The third kappa shape index (κ3) is 4.66. The minimum atomic E-state index is 0.00150. The van der Waals surface area contributed by atoms with Crippen LogP contribution in [0.2, 0.25) is 0 Å². The van der Waals surface area contributed by atoms with Crippen LogP contribution in [0.1, 0.15) is 70.3 Å². The van der Waals surface area contributed by atoms with Crippen molar-refractivity contribution in [2.45, 2.75) is 70.3 Å². The maximum absolute atomic E-state index is 12.5. The number of benzene rings is 1. The second kappa shape index (κ2) is 9.09. The first-order valence-electron chi connectivity index (χ1n) is 10.8. The van der Waals surface area contributed by atoms with Crippen LogP contribution in [0.25, 0.3) is 0 Å². The maximum Gasteiger partial charge on any atom is 0.225 e. The summed E-state index contributed by atoms with van der Waals surface area (Å²) >= 11 is 0. The van der Waals surface area contributed by atoms with Crippen LogP contribution >= 0.6 is 0 Å². The van der Waals surface area contributed by atoms with Crippen molar-refractivity contribution in [3.8, 4) is 5.75 Å². The molecule has 0 aliphatic carbocycles. The number of hydrogen-bond donors (Lipinski definition) is 1. The fourth-order valence-electron chi connectivity index (χ4n) is 4.83. The molecule has 0 radical (unpaired) electrons. The Morgan fingerprint density at radius 2 is 1.96 bits per heavy atom. The van der Waals surface area contributed by atoms with Crippen LogP contribution in [0.3, 0.4) is 0 Å². The number of nitrogens with one attached hydrogen (secondary N) is 1. The summed E-state index contributed by atoms with van der Waals surface area (Å²) in [5, 5.41) is 3.46. The molecule has 1 atom stereocenters. The van der Waals surface area contributed by atoms with Crippen LogP contribution in [0.15, 0.2) is 24.3 Å². The monoisotopic (exact) mass is 372 g/mol. The van der Waals surface area contributed by atoms with Crippen molar-refractivity contribution >= 4 is 5.91 Å². The summed E-state index contributed by atoms with van der Waals surface area (Å²) in [4.78, 5) is 14.5. The molecule has 1 unspecified atom stereocenters. The van der Waals surface area contributed by atoms with Gasteiger partial charge < -0.3 is 15.0 Å². The molecule has 4 heteroatoms.